The van der Waals surface area contributed by atoms with E-state index >= 15 is 0 Å². The third-order valence-electron chi connectivity index (χ3n) is 8.83. The van der Waals surface area contributed by atoms with E-state index in [0.717, 1.165) is 13.8 Å². The van der Waals surface area contributed by atoms with Crippen LogP contribution < -0.4 is 10.6 Å². The molecule has 14 N–H and O–H groups in total. The van der Waals surface area contributed by atoms with E-state index < -0.39 is 165 Å². The van der Waals surface area contributed by atoms with Gasteiger partial charge in [-0.15, -0.1) is 0 Å². The van der Waals surface area contributed by atoms with E-state index in [1.807, 2.05) is 0 Å². The molecular formula is C28H50N2O23S. The maximum Gasteiger partial charge on any atom is 0.397 e. The van der Waals surface area contributed by atoms with Crippen molar-refractivity contribution >= 4 is 22.2 Å². The zero-order chi connectivity index (χ0) is 40.8. The molecule has 3 fully saturated rings. The molecule has 19 atom stereocenters. The Morgan fingerprint density at radius 2 is 1.35 bits per heavy atom. The SMILES string of the molecule is CC(=O)N[C@H]1[C@H](O[C@@H]([C@@H](O)[C@H](O)CO)[C@H](CO)NC(C)=O)O[C@H](COS(=O)(=O)O)[C@@H](O[C@@H]2O[C@H](CO)[C@H](O)[C@H](O)[C@H]2O[C@@H]2O[C@@H](C)[C@@H](O)[C@@H](O)[C@@H]2O)[C@@H]1O. The van der Waals surface area contributed by atoms with Crippen molar-refractivity contribution in [1.82, 2.24) is 10.6 Å². The quantitative estimate of drug-likeness (QED) is 0.0606. The second-order valence-electron chi connectivity index (χ2n) is 12.9. The normalized spacial score (nSPS) is 39.9. The molecule has 3 rings (SSSR count). The Morgan fingerprint density at radius 1 is 0.741 bits per heavy atom. The van der Waals surface area contributed by atoms with Crippen LogP contribution >= 0.6 is 0 Å². The fourth-order valence-corrected chi connectivity index (χ4v) is 6.32. The van der Waals surface area contributed by atoms with Gasteiger partial charge in [0, 0.05) is 13.8 Å². The van der Waals surface area contributed by atoms with Crippen molar-refractivity contribution in [2.75, 3.05) is 26.4 Å². The minimum Gasteiger partial charge on any atom is -0.394 e. The van der Waals surface area contributed by atoms with Gasteiger partial charge in [-0.1, -0.05) is 0 Å². The number of hydrogen-bond donors (Lipinski definition) is 14. The number of hydrogen-bond acceptors (Lipinski definition) is 22. The summed E-state index contributed by atoms with van der Waals surface area (Å²) in [6.07, 6.45) is -32.1. The summed E-state index contributed by atoms with van der Waals surface area (Å²) in [6, 6.07) is -3.38. The zero-order valence-electron chi connectivity index (χ0n) is 29.1. The summed E-state index contributed by atoms with van der Waals surface area (Å²) >= 11 is 0. The number of carbonyl (C=O) groups excluding carboxylic acids is 2. The van der Waals surface area contributed by atoms with Crippen LogP contribution in [0, 0.1) is 0 Å². The topological polar surface area (TPSA) is 400 Å². The van der Waals surface area contributed by atoms with Crippen LogP contribution in [0.4, 0.5) is 0 Å². The molecule has 0 spiro atoms. The van der Waals surface area contributed by atoms with Gasteiger partial charge in [0.05, 0.1) is 38.6 Å². The first kappa shape index (κ1) is 46.5. The van der Waals surface area contributed by atoms with Crippen molar-refractivity contribution in [2.24, 2.45) is 0 Å². The fraction of sp³-hybridized carbons (Fsp3) is 0.929. The van der Waals surface area contributed by atoms with E-state index in [4.69, 9.17) is 28.4 Å². The summed E-state index contributed by atoms with van der Waals surface area (Å²) in [7, 11) is -5.27. The molecule has 26 heteroatoms. The van der Waals surface area contributed by atoms with E-state index in [9.17, 15) is 78.7 Å². The van der Waals surface area contributed by atoms with Crippen molar-refractivity contribution < 1.29 is 111 Å². The van der Waals surface area contributed by atoms with E-state index in [1.54, 1.807) is 0 Å². The maximum absolute atomic E-state index is 12.3. The molecule has 0 saturated carbocycles. The number of nitrogens with one attached hydrogen (secondary N) is 2. The van der Waals surface area contributed by atoms with E-state index in [1.165, 1.54) is 6.92 Å². The highest BCUT2D eigenvalue weighted by molar-refractivity contribution is 7.80. The van der Waals surface area contributed by atoms with Gasteiger partial charge in [-0.3, -0.25) is 14.1 Å². The number of ether oxygens (including phenoxy) is 6. The predicted octanol–water partition coefficient (Wildman–Crippen LogP) is -8.97. The van der Waals surface area contributed by atoms with Gasteiger partial charge in [0.15, 0.2) is 18.9 Å². The molecule has 2 amide bonds. The number of aliphatic hydroxyl groups excluding tert-OH is 11. The average molecular weight is 815 g/mol. The van der Waals surface area contributed by atoms with Crippen LogP contribution in [-0.2, 0) is 52.6 Å². The van der Waals surface area contributed by atoms with Gasteiger partial charge in [-0.05, 0) is 6.92 Å². The van der Waals surface area contributed by atoms with Gasteiger partial charge in [0.2, 0.25) is 11.8 Å². The number of carbonyl (C=O) groups is 2. The Kier molecular flexibility index (Phi) is 17.2. The first-order chi connectivity index (χ1) is 25.1. The summed E-state index contributed by atoms with van der Waals surface area (Å²) < 4.78 is 71.1. The molecule has 0 bridgehead atoms. The Balaban J connectivity index is 2.06. The van der Waals surface area contributed by atoms with Crippen LogP contribution in [0.3, 0.4) is 0 Å². The van der Waals surface area contributed by atoms with Crippen molar-refractivity contribution in [3.05, 3.63) is 0 Å². The van der Waals surface area contributed by atoms with Crippen molar-refractivity contribution in [2.45, 2.75) is 137 Å². The van der Waals surface area contributed by atoms with E-state index in [0.29, 0.717) is 0 Å². The van der Waals surface area contributed by atoms with Gasteiger partial charge >= 0.3 is 10.4 Å². The summed E-state index contributed by atoms with van der Waals surface area (Å²) in [5.41, 5.74) is 0. The first-order valence-electron chi connectivity index (χ1n) is 16.5. The Labute approximate surface area is 307 Å². The first-order valence-corrected chi connectivity index (χ1v) is 17.9. The second-order valence-corrected chi connectivity index (χ2v) is 14.0. The Morgan fingerprint density at radius 3 is 1.89 bits per heavy atom. The van der Waals surface area contributed by atoms with Gasteiger partial charge in [0.1, 0.15) is 85.4 Å². The highest BCUT2D eigenvalue weighted by Crippen LogP contribution is 2.34. The Bertz CT molecular complexity index is 1320. The lowest BCUT2D eigenvalue weighted by Crippen LogP contribution is -2.69. The molecule has 3 saturated heterocycles. The minimum absolute atomic E-state index is 0.770. The number of rotatable bonds is 17. The molecular weight excluding hydrogens is 764 g/mol. The molecule has 0 aromatic rings. The van der Waals surface area contributed by atoms with Gasteiger partial charge in [0.25, 0.3) is 0 Å². The molecule has 25 nitrogen and oxygen atoms in total. The zero-order valence-corrected chi connectivity index (χ0v) is 29.9. The Hall–Kier alpha value is -1.87. The maximum atomic E-state index is 12.3. The van der Waals surface area contributed by atoms with Crippen molar-refractivity contribution in [1.29, 1.82) is 0 Å². The lowest BCUT2D eigenvalue weighted by Gasteiger charge is -2.49. The summed E-state index contributed by atoms with van der Waals surface area (Å²) in [4.78, 5) is 24.2. The van der Waals surface area contributed by atoms with Crippen LogP contribution in [0.1, 0.15) is 20.8 Å². The highest BCUT2D eigenvalue weighted by atomic mass is 32.3. The molecule has 0 radical (unpaired) electrons. The minimum atomic E-state index is -5.27. The predicted molar refractivity (Wildman–Crippen MR) is 168 cm³/mol. The highest BCUT2D eigenvalue weighted by Gasteiger charge is 2.55. The molecule has 3 heterocycles. The molecule has 0 unspecified atom stereocenters. The van der Waals surface area contributed by atoms with E-state index in [2.05, 4.69) is 14.8 Å². The number of aliphatic hydroxyl groups is 11. The molecule has 0 aromatic carbocycles. The summed E-state index contributed by atoms with van der Waals surface area (Å²) in [5, 5.41) is 119. The lowest BCUT2D eigenvalue weighted by atomic mass is 9.94. The fourth-order valence-electron chi connectivity index (χ4n) is 6.01. The van der Waals surface area contributed by atoms with Crippen molar-refractivity contribution in [3.8, 4) is 0 Å². The molecule has 54 heavy (non-hydrogen) atoms. The largest absolute Gasteiger partial charge is 0.397 e. The van der Waals surface area contributed by atoms with Crippen LogP contribution in [0.5, 0.6) is 0 Å². The molecule has 0 aromatic heterocycles. The van der Waals surface area contributed by atoms with Crippen LogP contribution in [0.25, 0.3) is 0 Å². The monoisotopic (exact) mass is 814 g/mol. The van der Waals surface area contributed by atoms with Gasteiger partial charge in [-0.25, -0.2) is 4.18 Å². The number of amides is 2. The van der Waals surface area contributed by atoms with Crippen molar-refractivity contribution in [3.63, 3.8) is 0 Å². The van der Waals surface area contributed by atoms with Gasteiger partial charge in [-0.2, -0.15) is 8.42 Å². The average Bonchev–Trinajstić information content (AvgIpc) is 3.10. The van der Waals surface area contributed by atoms with Crippen LogP contribution in [-0.4, -0.2) is 224 Å². The molecule has 0 aliphatic carbocycles. The smallest absolute Gasteiger partial charge is 0.394 e. The van der Waals surface area contributed by atoms with Crippen LogP contribution in [0.2, 0.25) is 0 Å². The third-order valence-corrected chi connectivity index (χ3v) is 9.26. The second kappa shape index (κ2) is 20.0. The molecule has 3 aliphatic heterocycles. The lowest BCUT2D eigenvalue weighted by molar-refractivity contribution is -0.384. The summed E-state index contributed by atoms with van der Waals surface area (Å²) in [5.74, 6) is -1.64. The van der Waals surface area contributed by atoms with Crippen LogP contribution in [0.15, 0.2) is 0 Å². The summed E-state index contributed by atoms with van der Waals surface area (Å²) in [6.45, 7) is -0.911. The van der Waals surface area contributed by atoms with E-state index in [-0.39, 0.29) is 0 Å². The standard InChI is InChI=1S/C28H50N2O23S/c1-8-16(37)20(41)22(43)27(48-8)53-25-21(42)18(39)13(6-33)49-28(25)52-24-14(7-47-54(44,45)46)50-26(15(19(24)40)30-10(3)35)51-23(17(38)12(36)5-32)11(4-31)29-9(2)34/h8,11-28,31-33,36-43H,4-7H2,1-3H3,(H,29,34)(H,30,35)(H,44,45,46)/t8-,11-,12+,13+,14+,15+,16+,17-,18-,19+,20+,21-,22-,23+,24+,25+,26-,27-,28-/m0/s1. The third kappa shape index (κ3) is 11.6. The molecule has 316 valence electrons. The molecule has 3 aliphatic rings. The van der Waals surface area contributed by atoms with Gasteiger partial charge < -0.3 is 95.2 Å².